The Morgan fingerprint density at radius 3 is 2.70 bits per heavy atom. The molecule has 150 valence electrons. The molecule has 0 N–H and O–H groups in total. The highest BCUT2D eigenvalue weighted by atomic mass is 16.5. The van der Waals surface area contributed by atoms with Gasteiger partial charge in [-0.25, -0.2) is 4.79 Å². The summed E-state index contributed by atoms with van der Waals surface area (Å²) in [7, 11) is 3.11. The van der Waals surface area contributed by atoms with Gasteiger partial charge in [0, 0.05) is 42.7 Å². The molecule has 6 heteroatoms. The van der Waals surface area contributed by atoms with Gasteiger partial charge in [-0.15, -0.1) is 0 Å². The molecule has 0 saturated carbocycles. The molecule has 0 unspecified atom stereocenters. The highest BCUT2D eigenvalue weighted by molar-refractivity contribution is 5.96. The fourth-order valence-corrected chi connectivity index (χ4v) is 3.96. The topological polar surface area (TPSA) is 72.8 Å². The van der Waals surface area contributed by atoms with Crippen molar-refractivity contribution in [1.29, 1.82) is 5.26 Å². The van der Waals surface area contributed by atoms with E-state index >= 15 is 0 Å². The molecular weight excluding hydrogens is 376 g/mol. The quantitative estimate of drug-likeness (QED) is 0.470. The molecule has 6 nitrogen and oxygen atoms in total. The van der Waals surface area contributed by atoms with E-state index in [2.05, 4.69) is 34.9 Å². The van der Waals surface area contributed by atoms with Crippen molar-refractivity contribution in [3.05, 3.63) is 77.2 Å². The third kappa shape index (κ3) is 3.25. The molecule has 0 amide bonds. The van der Waals surface area contributed by atoms with Gasteiger partial charge in [-0.05, 0) is 35.7 Å². The molecule has 0 aliphatic carbocycles. The molecule has 0 aliphatic rings. The van der Waals surface area contributed by atoms with Crippen molar-refractivity contribution in [3.63, 3.8) is 0 Å². The lowest BCUT2D eigenvalue weighted by Gasteiger charge is -2.10. The summed E-state index contributed by atoms with van der Waals surface area (Å²) >= 11 is 0. The number of nitrogens with zero attached hydrogens (tertiary/aromatic N) is 4. The minimum atomic E-state index is -0.411. The maximum Gasteiger partial charge on any atom is 0.356 e. The van der Waals surface area contributed by atoms with Gasteiger partial charge < -0.3 is 9.30 Å². The second kappa shape index (κ2) is 7.88. The Labute approximate surface area is 174 Å². The largest absolute Gasteiger partial charge is 0.464 e. The van der Waals surface area contributed by atoms with E-state index in [1.54, 1.807) is 17.9 Å². The smallest absolute Gasteiger partial charge is 0.356 e. The predicted molar refractivity (Wildman–Crippen MR) is 115 cm³/mol. The summed E-state index contributed by atoms with van der Waals surface area (Å²) in [6.07, 6.45) is 4.55. The highest BCUT2D eigenvalue weighted by Crippen LogP contribution is 2.31. The maximum absolute atomic E-state index is 12.3. The number of methoxy groups -OCH3 is 1. The van der Waals surface area contributed by atoms with Crippen molar-refractivity contribution in [3.8, 4) is 17.2 Å². The molecule has 2 aromatic carbocycles. The Bertz CT molecular complexity index is 1290. The molecule has 0 aliphatic heterocycles. The van der Waals surface area contributed by atoms with Crippen LogP contribution in [-0.2, 0) is 24.8 Å². The van der Waals surface area contributed by atoms with Crippen LogP contribution >= 0.6 is 0 Å². The van der Waals surface area contributed by atoms with E-state index in [0.717, 1.165) is 34.1 Å². The standard InChI is InChI=1S/C24H22N4O2/c1-4-28-15-18(20-10-9-16(13-25)11-22(20)28)12-17-7-5-6-8-19(17)21-14-26-27(2)23(21)24(29)30-3/h5-11,14-15H,4,12H2,1-3H3. The molecule has 4 rings (SSSR count). The van der Waals surface area contributed by atoms with Gasteiger partial charge in [0.2, 0.25) is 0 Å². The fraction of sp³-hybridized carbons (Fsp3) is 0.208. The molecule has 30 heavy (non-hydrogen) atoms. The van der Waals surface area contributed by atoms with E-state index in [1.807, 2.05) is 36.4 Å². The minimum absolute atomic E-state index is 0.411. The molecule has 0 saturated heterocycles. The third-order valence-corrected chi connectivity index (χ3v) is 5.44. The van der Waals surface area contributed by atoms with Crippen LogP contribution in [-0.4, -0.2) is 27.4 Å². The Balaban J connectivity index is 1.83. The van der Waals surface area contributed by atoms with Crippen molar-refractivity contribution < 1.29 is 9.53 Å². The van der Waals surface area contributed by atoms with E-state index in [0.29, 0.717) is 17.7 Å². The van der Waals surface area contributed by atoms with Gasteiger partial charge in [0.25, 0.3) is 0 Å². The Hall–Kier alpha value is -3.85. The summed E-state index contributed by atoms with van der Waals surface area (Å²) in [6.45, 7) is 2.91. The van der Waals surface area contributed by atoms with Crippen LogP contribution in [0.3, 0.4) is 0 Å². The molecule has 0 radical (unpaired) electrons. The number of benzene rings is 2. The van der Waals surface area contributed by atoms with Gasteiger partial charge in [0.15, 0.2) is 5.69 Å². The normalized spacial score (nSPS) is 10.9. The van der Waals surface area contributed by atoms with Crippen LogP contribution in [0.15, 0.2) is 54.9 Å². The SMILES string of the molecule is CCn1cc(Cc2ccccc2-c2cnn(C)c2C(=O)OC)c2ccc(C#N)cc21. The monoisotopic (exact) mass is 398 g/mol. The second-order valence-electron chi connectivity index (χ2n) is 7.14. The first-order valence-corrected chi connectivity index (χ1v) is 9.77. The van der Waals surface area contributed by atoms with Crippen LogP contribution in [0.1, 0.15) is 34.1 Å². The first-order chi connectivity index (χ1) is 14.6. The molecular formula is C24H22N4O2. The van der Waals surface area contributed by atoms with E-state index < -0.39 is 5.97 Å². The van der Waals surface area contributed by atoms with Crippen LogP contribution in [0.25, 0.3) is 22.0 Å². The molecule has 0 fully saturated rings. The number of hydrogen-bond donors (Lipinski definition) is 0. The number of fused-ring (bicyclic) bond motifs is 1. The molecule has 2 aromatic heterocycles. The number of nitriles is 1. The van der Waals surface area contributed by atoms with Gasteiger partial charge in [0.05, 0.1) is 24.9 Å². The van der Waals surface area contributed by atoms with E-state index in [9.17, 15) is 10.1 Å². The minimum Gasteiger partial charge on any atom is -0.464 e. The lowest BCUT2D eigenvalue weighted by Crippen LogP contribution is -2.10. The van der Waals surface area contributed by atoms with Crippen molar-refractivity contribution >= 4 is 16.9 Å². The van der Waals surface area contributed by atoms with Crippen molar-refractivity contribution in [1.82, 2.24) is 14.3 Å². The first-order valence-electron chi connectivity index (χ1n) is 9.77. The summed E-state index contributed by atoms with van der Waals surface area (Å²) in [4.78, 5) is 12.3. The molecule has 0 spiro atoms. The average Bonchev–Trinajstić information content (AvgIpc) is 3.33. The fourth-order valence-electron chi connectivity index (χ4n) is 3.96. The summed E-state index contributed by atoms with van der Waals surface area (Å²) in [5, 5.41) is 14.7. The van der Waals surface area contributed by atoms with E-state index in [1.165, 1.54) is 12.7 Å². The summed E-state index contributed by atoms with van der Waals surface area (Å²) in [5.74, 6) is -0.411. The van der Waals surface area contributed by atoms with Crippen LogP contribution < -0.4 is 0 Å². The summed E-state index contributed by atoms with van der Waals surface area (Å²) in [5.41, 5.74) is 6.12. The summed E-state index contributed by atoms with van der Waals surface area (Å²) in [6, 6.07) is 16.1. The Morgan fingerprint density at radius 1 is 1.17 bits per heavy atom. The van der Waals surface area contributed by atoms with E-state index in [-0.39, 0.29) is 0 Å². The zero-order valence-corrected chi connectivity index (χ0v) is 17.2. The number of ether oxygens (including phenoxy) is 1. The third-order valence-electron chi connectivity index (χ3n) is 5.44. The van der Waals surface area contributed by atoms with Crippen LogP contribution in [0.4, 0.5) is 0 Å². The second-order valence-corrected chi connectivity index (χ2v) is 7.14. The van der Waals surface area contributed by atoms with Gasteiger partial charge in [0.1, 0.15) is 0 Å². The van der Waals surface area contributed by atoms with Crippen molar-refractivity contribution in [2.75, 3.05) is 7.11 Å². The number of hydrogen-bond acceptors (Lipinski definition) is 4. The zero-order valence-electron chi connectivity index (χ0n) is 17.2. The van der Waals surface area contributed by atoms with Crippen molar-refractivity contribution in [2.24, 2.45) is 7.05 Å². The van der Waals surface area contributed by atoms with Gasteiger partial charge in [-0.1, -0.05) is 30.3 Å². The molecule has 0 bridgehead atoms. The van der Waals surface area contributed by atoms with Crippen LogP contribution in [0.2, 0.25) is 0 Å². The number of carbonyl (C=O) groups is 1. The summed E-state index contributed by atoms with van der Waals surface area (Å²) < 4.78 is 8.67. The zero-order chi connectivity index (χ0) is 21.3. The first kappa shape index (κ1) is 19.5. The predicted octanol–water partition coefficient (Wildman–Crippen LogP) is 4.31. The van der Waals surface area contributed by atoms with Gasteiger partial charge in [-0.2, -0.15) is 10.4 Å². The number of aryl methyl sites for hydroxylation is 2. The van der Waals surface area contributed by atoms with Crippen molar-refractivity contribution in [2.45, 2.75) is 19.9 Å². The van der Waals surface area contributed by atoms with Gasteiger partial charge >= 0.3 is 5.97 Å². The number of rotatable bonds is 5. The molecule has 4 aromatic rings. The van der Waals surface area contributed by atoms with E-state index in [4.69, 9.17) is 4.74 Å². The molecule has 2 heterocycles. The van der Waals surface area contributed by atoms with Crippen LogP contribution in [0, 0.1) is 11.3 Å². The number of carbonyl (C=O) groups excluding carboxylic acids is 1. The Morgan fingerprint density at radius 2 is 1.97 bits per heavy atom. The highest BCUT2D eigenvalue weighted by Gasteiger charge is 2.21. The van der Waals surface area contributed by atoms with Gasteiger partial charge in [-0.3, -0.25) is 4.68 Å². The number of aromatic nitrogens is 3. The van der Waals surface area contributed by atoms with Crippen LogP contribution in [0.5, 0.6) is 0 Å². The molecule has 0 atom stereocenters. The Kier molecular flexibility index (Phi) is 5.11. The number of esters is 1. The maximum atomic E-state index is 12.3. The lowest BCUT2D eigenvalue weighted by molar-refractivity contribution is 0.0589. The average molecular weight is 398 g/mol. The lowest BCUT2D eigenvalue weighted by atomic mass is 9.95.